The first-order valence-corrected chi connectivity index (χ1v) is 6.11. The van der Waals surface area contributed by atoms with Crippen LogP contribution in [0.4, 0.5) is 0 Å². The Morgan fingerprint density at radius 3 is 2.32 bits per heavy atom. The SMILES string of the molecule is Cc1ccc(C=N[C@H](C(N)=O)c2ccccc2)cc1. The molecule has 0 bridgehead atoms. The van der Waals surface area contributed by atoms with Gasteiger partial charge < -0.3 is 5.73 Å². The molecule has 0 spiro atoms. The van der Waals surface area contributed by atoms with Gasteiger partial charge in [0.2, 0.25) is 5.91 Å². The molecule has 0 aromatic heterocycles. The molecule has 0 unspecified atom stereocenters. The minimum atomic E-state index is -0.637. The van der Waals surface area contributed by atoms with E-state index in [0.29, 0.717) is 0 Å². The van der Waals surface area contributed by atoms with Gasteiger partial charge in [0, 0.05) is 6.21 Å². The van der Waals surface area contributed by atoms with E-state index in [4.69, 9.17) is 5.73 Å². The number of amides is 1. The van der Waals surface area contributed by atoms with Crippen molar-refractivity contribution in [1.29, 1.82) is 0 Å². The van der Waals surface area contributed by atoms with E-state index in [1.807, 2.05) is 61.5 Å². The molecule has 2 aromatic carbocycles. The van der Waals surface area contributed by atoms with E-state index in [1.165, 1.54) is 5.56 Å². The number of rotatable bonds is 4. The van der Waals surface area contributed by atoms with Crippen molar-refractivity contribution in [3.05, 3.63) is 71.3 Å². The lowest BCUT2D eigenvalue weighted by Gasteiger charge is -2.08. The lowest BCUT2D eigenvalue weighted by atomic mass is 10.1. The summed E-state index contributed by atoms with van der Waals surface area (Å²) >= 11 is 0. The van der Waals surface area contributed by atoms with E-state index in [9.17, 15) is 4.79 Å². The highest BCUT2D eigenvalue weighted by Gasteiger charge is 2.14. The number of benzene rings is 2. The molecule has 0 aliphatic heterocycles. The van der Waals surface area contributed by atoms with Gasteiger partial charge in [-0.15, -0.1) is 0 Å². The Morgan fingerprint density at radius 2 is 1.74 bits per heavy atom. The molecular formula is C16H16N2O. The van der Waals surface area contributed by atoms with Crippen molar-refractivity contribution in [3.63, 3.8) is 0 Å². The number of hydrogen-bond donors (Lipinski definition) is 1. The first kappa shape index (κ1) is 13.0. The summed E-state index contributed by atoms with van der Waals surface area (Å²) < 4.78 is 0. The predicted octanol–water partition coefficient (Wildman–Crippen LogP) is 2.64. The Morgan fingerprint density at radius 1 is 1.11 bits per heavy atom. The van der Waals surface area contributed by atoms with Crippen LogP contribution < -0.4 is 5.73 Å². The first-order valence-electron chi connectivity index (χ1n) is 6.11. The number of carbonyl (C=O) groups excluding carboxylic acids is 1. The zero-order valence-corrected chi connectivity index (χ0v) is 10.8. The summed E-state index contributed by atoms with van der Waals surface area (Å²) in [7, 11) is 0. The van der Waals surface area contributed by atoms with Crippen LogP contribution >= 0.6 is 0 Å². The molecule has 0 saturated carbocycles. The van der Waals surface area contributed by atoms with Crippen LogP contribution in [0.1, 0.15) is 22.7 Å². The lowest BCUT2D eigenvalue weighted by Crippen LogP contribution is -2.20. The summed E-state index contributed by atoms with van der Waals surface area (Å²) in [6.45, 7) is 2.02. The average molecular weight is 252 g/mol. The number of carbonyl (C=O) groups is 1. The van der Waals surface area contributed by atoms with E-state index < -0.39 is 11.9 Å². The minimum Gasteiger partial charge on any atom is -0.368 e. The predicted molar refractivity (Wildman–Crippen MR) is 77.2 cm³/mol. The van der Waals surface area contributed by atoms with Crippen LogP contribution in [0.2, 0.25) is 0 Å². The van der Waals surface area contributed by atoms with Gasteiger partial charge in [-0.05, 0) is 18.1 Å². The molecule has 0 heterocycles. The summed E-state index contributed by atoms with van der Waals surface area (Å²) in [5.74, 6) is -0.449. The Kier molecular flexibility index (Phi) is 4.08. The summed E-state index contributed by atoms with van der Waals surface area (Å²) in [6, 6.07) is 16.6. The first-order chi connectivity index (χ1) is 9.16. The summed E-state index contributed by atoms with van der Waals surface area (Å²) in [5.41, 5.74) is 8.35. The third-order valence-electron chi connectivity index (χ3n) is 2.83. The van der Waals surface area contributed by atoms with Gasteiger partial charge >= 0.3 is 0 Å². The zero-order chi connectivity index (χ0) is 13.7. The van der Waals surface area contributed by atoms with E-state index in [-0.39, 0.29) is 0 Å². The van der Waals surface area contributed by atoms with Gasteiger partial charge in [-0.25, -0.2) is 0 Å². The maximum Gasteiger partial charge on any atom is 0.246 e. The summed E-state index contributed by atoms with van der Waals surface area (Å²) in [6.07, 6.45) is 1.68. The fourth-order valence-corrected chi connectivity index (χ4v) is 1.77. The molecule has 0 aliphatic carbocycles. The zero-order valence-electron chi connectivity index (χ0n) is 10.8. The second-order valence-electron chi connectivity index (χ2n) is 4.40. The van der Waals surface area contributed by atoms with Crippen molar-refractivity contribution in [2.45, 2.75) is 13.0 Å². The summed E-state index contributed by atoms with van der Waals surface area (Å²) in [4.78, 5) is 15.8. The molecule has 96 valence electrons. The molecule has 1 amide bonds. The van der Waals surface area contributed by atoms with E-state index in [2.05, 4.69) is 4.99 Å². The standard InChI is InChI=1S/C16H16N2O/c1-12-7-9-13(10-8-12)11-18-15(16(17)19)14-5-3-2-4-6-14/h2-11,15H,1H3,(H2,17,19)/t15-/m0/s1. The van der Waals surface area contributed by atoms with Crippen molar-refractivity contribution in [2.75, 3.05) is 0 Å². The Bertz CT molecular complexity index is 573. The topological polar surface area (TPSA) is 55.4 Å². The van der Waals surface area contributed by atoms with Crippen LogP contribution in [0, 0.1) is 6.92 Å². The quantitative estimate of drug-likeness (QED) is 0.835. The molecule has 2 rings (SSSR count). The number of nitrogens with two attached hydrogens (primary N) is 1. The van der Waals surface area contributed by atoms with Gasteiger partial charge in [0.25, 0.3) is 0 Å². The number of nitrogens with zero attached hydrogens (tertiary/aromatic N) is 1. The van der Waals surface area contributed by atoms with Gasteiger partial charge in [-0.1, -0.05) is 60.2 Å². The summed E-state index contributed by atoms with van der Waals surface area (Å²) in [5, 5.41) is 0. The highest BCUT2D eigenvalue weighted by Crippen LogP contribution is 2.16. The Balaban J connectivity index is 2.22. The van der Waals surface area contributed by atoms with Crippen LogP contribution in [0.25, 0.3) is 0 Å². The van der Waals surface area contributed by atoms with E-state index in [0.717, 1.165) is 11.1 Å². The molecule has 19 heavy (non-hydrogen) atoms. The minimum absolute atomic E-state index is 0.449. The van der Waals surface area contributed by atoms with Crippen LogP contribution in [-0.2, 0) is 4.79 Å². The van der Waals surface area contributed by atoms with Gasteiger partial charge in [-0.3, -0.25) is 9.79 Å². The Labute approximate surface area is 112 Å². The average Bonchev–Trinajstić information content (AvgIpc) is 2.42. The van der Waals surface area contributed by atoms with Crippen LogP contribution in [0.3, 0.4) is 0 Å². The Hall–Kier alpha value is -2.42. The van der Waals surface area contributed by atoms with Crippen molar-refractivity contribution in [1.82, 2.24) is 0 Å². The molecule has 0 fully saturated rings. The van der Waals surface area contributed by atoms with Gasteiger partial charge in [0.1, 0.15) is 0 Å². The van der Waals surface area contributed by atoms with Crippen LogP contribution in [-0.4, -0.2) is 12.1 Å². The van der Waals surface area contributed by atoms with Crippen LogP contribution in [0.5, 0.6) is 0 Å². The van der Waals surface area contributed by atoms with E-state index in [1.54, 1.807) is 6.21 Å². The smallest absolute Gasteiger partial charge is 0.246 e. The molecule has 3 nitrogen and oxygen atoms in total. The maximum atomic E-state index is 11.5. The highest BCUT2D eigenvalue weighted by atomic mass is 16.1. The molecule has 3 heteroatoms. The largest absolute Gasteiger partial charge is 0.368 e. The normalized spacial score (nSPS) is 12.5. The molecular weight excluding hydrogens is 236 g/mol. The monoisotopic (exact) mass is 252 g/mol. The molecule has 1 atom stereocenters. The fraction of sp³-hybridized carbons (Fsp3) is 0.125. The lowest BCUT2D eigenvalue weighted by molar-refractivity contribution is -0.119. The van der Waals surface area contributed by atoms with Crippen molar-refractivity contribution < 1.29 is 4.79 Å². The number of aryl methyl sites for hydroxylation is 1. The molecule has 2 aromatic rings. The maximum absolute atomic E-state index is 11.5. The highest BCUT2D eigenvalue weighted by molar-refractivity contribution is 5.86. The fourth-order valence-electron chi connectivity index (χ4n) is 1.77. The third kappa shape index (κ3) is 3.52. The van der Waals surface area contributed by atoms with Gasteiger partial charge in [0.05, 0.1) is 0 Å². The van der Waals surface area contributed by atoms with Gasteiger partial charge in [-0.2, -0.15) is 0 Å². The van der Waals surface area contributed by atoms with Gasteiger partial charge in [0.15, 0.2) is 6.04 Å². The second-order valence-corrected chi connectivity index (χ2v) is 4.40. The van der Waals surface area contributed by atoms with Crippen molar-refractivity contribution >= 4 is 12.1 Å². The third-order valence-corrected chi connectivity index (χ3v) is 2.83. The molecule has 0 radical (unpaired) electrons. The molecule has 0 saturated heterocycles. The molecule has 2 N–H and O–H groups in total. The van der Waals surface area contributed by atoms with E-state index >= 15 is 0 Å². The number of hydrogen-bond acceptors (Lipinski definition) is 2. The number of primary amides is 1. The molecule has 0 aliphatic rings. The van der Waals surface area contributed by atoms with Crippen molar-refractivity contribution in [3.8, 4) is 0 Å². The van der Waals surface area contributed by atoms with Crippen molar-refractivity contribution in [2.24, 2.45) is 10.7 Å². The second kappa shape index (κ2) is 5.96. The van der Waals surface area contributed by atoms with Crippen LogP contribution in [0.15, 0.2) is 59.6 Å². The number of aliphatic imine (C=N–C) groups is 1.